The van der Waals surface area contributed by atoms with Gasteiger partial charge >= 0.3 is 0 Å². The van der Waals surface area contributed by atoms with Gasteiger partial charge in [-0.1, -0.05) is 0 Å². The van der Waals surface area contributed by atoms with Crippen LogP contribution in [0, 0.1) is 0 Å². The Bertz CT molecular complexity index is 302. The Kier molecular flexibility index (Phi) is 4.88. The number of rotatable bonds is 7. The van der Waals surface area contributed by atoms with Crippen LogP contribution in [0.3, 0.4) is 0 Å². The summed E-state index contributed by atoms with van der Waals surface area (Å²) in [6.45, 7) is 2.22. The molecular weight excluding hydrogens is 210 g/mol. The van der Waals surface area contributed by atoms with Crippen molar-refractivity contribution >= 4 is 0 Å². The monoisotopic (exact) mass is 229 g/mol. The summed E-state index contributed by atoms with van der Waals surface area (Å²) in [5.41, 5.74) is -0.0923. The van der Waals surface area contributed by atoms with Crippen LogP contribution in [0.5, 0.6) is 0 Å². The van der Waals surface area contributed by atoms with E-state index < -0.39 is 5.54 Å². The lowest BCUT2D eigenvalue weighted by Crippen LogP contribution is -2.54. The first-order chi connectivity index (χ1) is 7.71. The van der Waals surface area contributed by atoms with E-state index in [-0.39, 0.29) is 19.8 Å². The fourth-order valence-electron chi connectivity index (χ4n) is 1.39. The molecule has 0 aliphatic heterocycles. The maximum absolute atomic E-state index is 9.13. The van der Waals surface area contributed by atoms with E-state index in [2.05, 4.69) is 10.4 Å². The van der Waals surface area contributed by atoms with Gasteiger partial charge in [-0.05, 0) is 13.0 Å². The predicted molar refractivity (Wildman–Crippen MR) is 58.7 cm³/mol. The molecule has 0 atom stereocenters. The first-order valence-electron chi connectivity index (χ1n) is 5.29. The number of aryl methyl sites for hydroxylation is 1. The third-order valence-corrected chi connectivity index (χ3v) is 2.66. The number of aliphatic hydroxyl groups excluding tert-OH is 3. The summed E-state index contributed by atoms with van der Waals surface area (Å²) < 4.78 is 1.81. The first kappa shape index (κ1) is 13.1. The van der Waals surface area contributed by atoms with Crippen LogP contribution in [-0.2, 0) is 13.1 Å². The van der Waals surface area contributed by atoms with E-state index in [1.165, 1.54) is 0 Å². The summed E-state index contributed by atoms with van der Waals surface area (Å²) in [6.07, 6.45) is 1.69. The largest absolute Gasteiger partial charge is 0.394 e. The lowest BCUT2D eigenvalue weighted by Gasteiger charge is -2.28. The molecule has 6 nitrogen and oxygen atoms in total. The number of hydrogen-bond donors (Lipinski definition) is 4. The molecule has 4 N–H and O–H groups in total. The Labute approximate surface area is 94.5 Å². The van der Waals surface area contributed by atoms with Gasteiger partial charge in [-0.3, -0.25) is 10.00 Å². The summed E-state index contributed by atoms with van der Waals surface area (Å²) in [7, 11) is 0. The quantitative estimate of drug-likeness (QED) is 0.467. The van der Waals surface area contributed by atoms with Crippen molar-refractivity contribution in [2.45, 2.75) is 25.6 Å². The third kappa shape index (κ3) is 2.79. The molecule has 1 heterocycles. The zero-order valence-electron chi connectivity index (χ0n) is 9.43. The van der Waals surface area contributed by atoms with Gasteiger partial charge < -0.3 is 15.3 Å². The number of hydrogen-bond acceptors (Lipinski definition) is 5. The lowest BCUT2D eigenvalue weighted by molar-refractivity contribution is 0.0409. The van der Waals surface area contributed by atoms with Gasteiger partial charge in [-0.25, -0.2) is 0 Å². The van der Waals surface area contributed by atoms with Crippen molar-refractivity contribution in [1.82, 2.24) is 15.1 Å². The van der Waals surface area contributed by atoms with Crippen LogP contribution < -0.4 is 5.32 Å². The molecule has 92 valence electrons. The molecule has 0 fully saturated rings. The Hall–Kier alpha value is -0.950. The number of nitrogens with zero attached hydrogens (tertiary/aromatic N) is 2. The van der Waals surface area contributed by atoms with Gasteiger partial charge in [0.25, 0.3) is 0 Å². The maximum atomic E-state index is 9.13. The van der Waals surface area contributed by atoms with E-state index in [4.69, 9.17) is 15.3 Å². The molecule has 0 saturated carbocycles. The molecule has 0 unspecified atom stereocenters. The van der Waals surface area contributed by atoms with Crippen molar-refractivity contribution in [3.05, 3.63) is 18.0 Å². The summed E-state index contributed by atoms with van der Waals surface area (Å²) >= 11 is 0. The lowest BCUT2D eigenvalue weighted by atomic mass is 10.0. The summed E-state index contributed by atoms with van der Waals surface area (Å²) in [5.74, 6) is 0. The molecule has 6 heteroatoms. The fourth-order valence-corrected chi connectivity index (χ4v) is 1.39. The van der Waals surface area contributed by atoms with Crippen molar-refractivity contribution in [2.75, 3.05) is 19.8 Å². The van der Waals surface area contributed by atoms with Crippen LogP contribution >= 0.6 is 0 Å². The van der Waals surface area contributed by atoms with E-state index in [0.29, 0.717) is 6.54 Å². The molecule has 0 aliphatic carbocycles. The van der Waals surface area contributed by atoms with Crippen LogP contribution in [0.25, 0.3) is 0 Å². The molecule has 0 bridgehead atoms. The van der Waals surface area contributed by atoms with Gasteiger partial charge in [-0.15, -0.1) is 0 Å². The van der Waals surface area contributed by atoms with Gasteiger partial charge in [0, 0.05) is 19.3 Å². The second kappa shape index (κ2) is 5.95. The minimum absolute atomic E-state index is 0.319. The smallest absolute Gasteiger partial charge is 0.0884 e. The predicted octanol–water partition coefficient (Wildman–Crippen LogP) is -1.29. The molecular formula is C10H19N3O3. The molecule has 0 radical (unpaired) electrons. The van der Waals surface area contributed by atoms with E-state index in [9.17, 15) is 0 Å². The first-order valence-corrected chi connectivity index (χ1v) is 5.29. The van der Waals surface area contributed by atoms with Gasteiger partial charge in [-0.2, -0.15) is 5.10 Å². The summed E-state index contributed by atoms with van der Waals surface area (Å²) in [4.78, 5) is 0. The number of nitrogens with one attached hydrogen (secondary N) is 1. The minimum atomic E-state index is -1.04. The zero-order valence-corrected chi connectivity index (χ0v) is 9.43. The minimum Gasteiger partial charge on any atom is -0.394 e. The zero-order chi connectivity index (χ0) is 12.0. The summed E-state index contributed by atoms with van der Waals surface area (Å²) in [6, 6.07) is 1.85. The highest BCUT2D eigenvalue weighted by molar-refractivity contribution is 5.01. The molecule has 1 aromatic rings. The SMILES string of the molecule is CCn1nccc1CNC(CO)(CO)CO. The van der Waals surface area contributed by atoms with Gasteiger partial charge in [0.15, 0.2) is 0 Å². The van der Waals surface area contributed by atoms with E-state index in [0.717, 1.165) is 12.2 Å². The molecule has 0 aliphatic rings. The number of aromatic nitrogens is 2. The number of aliphatic hydroxyl groups is 3. The van der Waals surface area contributed by atoms with Crippen molar-refractivity contribution in [3.63, 3.8) is 0 Å². The van der Waals surface area contributed by atoms with Crippen LogP contribution in [0.2, 0.25) is 0 Å². The van der Waals surface area contributed by atoms with Crippen molar-refractivity contribution in [1.29, 1.82) is 0 Å². The van der Waals surface area contributed by atoms with Crippen LogP contribution in [0.15, 0.2) is 12.3 Å². The molecule has 16 heavy (non-hydrogen) atoms. The van der Waals surface area contributed by atoms with E-state index >= 15 is 0 Å². The molecule has 0 amide bonds. The average Bonchev–Trinajstić information content (AvgIpc) is 2.79. The Morgan fingerprint density at radius 3 is 2.44 bits per heavy atom. The Morgan fingerprint density at radius 2 is 1.94 bits per heavy atom. The molecule has 0 saturated heterocycles. The highest BCUT2D eigenvalue weighted by Gasteiger charge is 2.27. The Balaban J connectivity index is 2.62. The molecule has 1 rings (SSSR count). The van der Waals surface area contributed by atoms with E-state index in [1.54, 1.807) is 6.20 Å². The topological polar surface area (TPSA) is 90.5 Å². The Morgan fingerprint density at radius 1 is 1.31 bits per heavy atom. The van der Waals surface area contributed by atoms with Gasteiger partial charge in [0.05, 0.1) is 31.1 Å². The van der Waals surface area contributed by atoms with Crippen molar-refractivity contribution in [2.24, 2.45) is 0 Å². The standard InChI is InChI=1S/C10H19N3O3/c1-2-13-9(3-4-12-13)5-11-10(6-14,7-15)8-16/h3-4,11,14-16H,2,5-8H2,1H3. The normalized spacial score (nSPS) is 12.0. The van der Waals surface area contributed by atoms with Crippen molar-refractivity contribution in [3.8, 4) is 0 Å². The van der Waals surface area contributed by atoms with Crippen molar-refractivity contribution < 1.29 is 15.3 Å². The van der Waals surface area contributed by atoms with E-state index in [1.807, 2.05) is 17.7 Å². The second-order valence-electron chi connectivity index (χ2n) is 3.75. The average molecular weight is 229 g/mol. The maximum Gasteiger partial charge on any atom is 0.0884 e. The fraction of sp³-hybridized carbons (Fsp3) is 0.700. The summed E-state index contributed by atoms with van der Waals surface area (Å²) in [5, 5.41) is 34.4. The van der Waals surface area contributed by atoms with Gasteiger partial charge in [0.2, 0.25) is 0 Å². The third-order valence-electron chi connectivity index (χ3n) is 2.66. The van der Waals surface area contributed by atoms with Crippen LogP contribution in [0.4, 0.5) is 0 Å². The second-order valence-corrected chi connectivity index (χ2v) is 3.75. The highest BCUT2D eigenvalue weighted by Crippen LogP contribution is 2.05. The van der Waals surface area contributed by atoms with Gasteiger partial charge in [0.1, 0.15) is 0 Å². The highest BCUT2D eigenvalue weighted by atomic mass is 16.3. The molecule has 1 aromatic heterocycles. The molecule has 0 aromatic carbocycles. The van der Waals surface area contributed by atoms with Crippen LogP contribution in [-0.4, -0.2) is 50.5 Å². The van der Waals surface area contributed by atoms with Crippen LogP contribution in [0.1, 0.15) is 12.6 Å². The molecule has 0 spiro atoms.